The molecule has 0 aromatic carbocycles. The number of amides is 1. The summed E-state index contributed by atoms with van der Waals surface area (Å²) in [4.78, 5) is 23.1. The number of carbonyl (C=O) groups excluding carboxylic acids is 1. The van der Waals surface area contributed by atoms with Crippen molar-refractivity contribution in [3.63, 3.8) is 0 Å². The Bertz CT molecular complexity index is 208. The monoisotopic (exact) mass is 200 g/mol. The van der Waals surface area contributed by atoms with E-state index in [1.54, 1.807) is 0 Å². The number of carbonyl (C=O) groups is 2. The van der Waals surface area contributed by atoms with Crippen LogP contribution in [0.25, 0.3) is 0 Å². The fourth-order valence-electron chi connectivity index (χ4n) is 1.93. The van der Waals surface area contributed by atoms with Crippen molar-refractivity contribution in [1.82, 2.24) is 4.90 Å². The minimum atomic E-state index is -0.768. The molecule has 0 aromatic rings. The first-order valence-corrected chi connectivity index (χ1v) is 4.80. The van der Waals surface area contributed by atoms with Crippen LogP contribution in [0.1, 0.15) is 19.3 Å². The molecule has 0 radical (unpaired) electrons. The summed E-state index contributed by atoms with van der Waals surface area (Å²) in [5.41, 5.74) is 5.07. The minimum absolute atomic E-state index is 0.167. The second-order valence-corrected chi connectivity index (χ2v) is 3.81. The van der Waals surface area contributed by atoms with Crippen molar-refractivity contribution < 1.29 is 14.7 Å². The Kier molecular flexibility index (Phi) is 3.88. The molecule has 1 aliphatic rings. The van der Waals surface area contributed by atoms with Gasteiger partial charge in [-0.3, -0.25) is 14.5 Å². The zero-order valence-corrected chi connectivity index (χ0v) is 8.11. The number of nitrogens with two attached hydrogens (primary N) is 1. The van der Waals surface area contributed by atoms with Gasteiger partial charge in [0, 0.05) is 13.0 Å². The highest BCUT2D eigenvalue weighted by Crippen LogP contribution is 2.18. The van der Waals surface area contributed by atoms with Gasteiger partial charge in [-0.15, -0.1) is 0 Å². The Morgan fingerprint density at radius 2 is 2.21 bits per heavy atom. The van der Waals surface area contributed by atoms with Crippen molar-refractivity contribution in [2.24, 2.45) is 11.7 Å². The molecule has 1 unspecified atom stereocenters. The number of hydrogen-bond donors (Lipinski definition) is 2. The number of carboxylic acid groups (broad SMARTS) is 1. The van der Waals surface area contributed by atoms with E-state index in [-0.39, 0.29) is 24.8 Å². The van der Waals surface area contributed by atoms with E-state index in [0.29, 0.717) is 6.54 Å². The van der Waals surface area contributed by atoms with E-state index in [9.17, 15) is 9.59 Å². The molecule has 1 fully saturated rings. The van der Waals surface area contributed by atoms with Crippen LogP contribution in [0.2, 0.25) is 0 Å². The average Bonchev–Trinajstić information content (AvgIpc) is 2.01. The second kappa shape index (κ2) is 4.95. The van der Waals surface area contributed by atoms with Crippen LogP contribution in [0.3, 0.4) is 0 Å². The third-order valence-electron chi connectivity index (χ3n) is 2.45. The maximum absolute atomic E-state index is 10.7. The van der Waals surface area contributed by atoms with Crippen LogP contribution < -0.4 is 5.73 Å². The van der Waals surface area contributed by atoms with Crippen molar-refractivity contribution in [3.05, 3.63) is 0 Å². The first-order chi connectivity index (χ1) is 6.58. The summed E-state index contributed by atoms with van der Waals surface area (Å²) in [6.45, 7) is 1.77. The summed E-state index contributed by atoms with van der Waals surface area (Å²) in [7, 11) is 0. The predicted molar refractivity (Wildman–Crippen MR) is 50.6 cm³/mol. The molecule has 0 bridgehead atoms. The molecule has 14 heavy (non-hydrogen) atoms. The van der Waals surface area contributed by atoms with Gasteiger partial charge in [-0.1, -0.05) is 0 Å². The van der Waals surface area contributed by atoms with Gasteiger partial charge in [-0.25, -0.2) is 0 Å². The van der Waals surface area contributed by atoms with E-state index >= 15 is 0 Å². The van der Waals surface area contributed by atoms with Gasteiger partial charge in [0.1, 0.15) is 0 Å². The van der Waals surface area contributed by atoms with Crippen LogP contribution in [0, 0.1) is 5.92 Å². The minimum Gasteiger partial charge on any atom is -0.481 e. The number of aliphatic carboxylic acids is 1. The maximum Gasteiger partial charge on any atom is 0.303 e. The molecule has 0 aliphatic carbocycles. The van der Waals surface area contributed by atoms with Gasteiger partial charge in [-0.05, 0) is 25.3 Å². The first kappa shape index (κ1) is 11.0. The molecule has 0 spiro atoms. The molecule has 1 amide bonds. The van der Waals surface area contributed by atoms with Crippen molar-refractivity contribution in [2.75, 3.05) is 19.6 Å². The normalized spacial score (nSPS) is 23.3. The zero-order chi connectivity index (χ0) is 10.6. The largest absolute Gasteiger partial charge is 0.481 e. The van der Waals surface area contributed by atoms with E-state index < -0.39 is 5.97 Å². The van der Waals surface area contributed by atoms with Crippen LogP contribution >= 0.6 is 0 Å². The number of primary amides is 1. The smallest absolute Gasteiger partial charge is 0.303 e. The van der Waals surface area contributed by atoms with E-state index in [2.05, 4.69) is 0 Å². The van der Waals surface area contributed by atoms with Crippen LogP contribution in [-0.2, 0) is 9.59 Å². The molecular weight excluding hydrogens is 184 g/mol. The van der Waals surface area contributed by atoms with Crippen molar-refractivity contribution >= 4 is 11.9 Å². The quantitative estimate of drug-likeness (QED) is 0.650. The average molecular weight is 200 g/mol. The van der Waals surface area contributed by atoms with Gasteiger partial charge in [-0.2, -0.15) is 0 Å². The number of likely N-dealkylation sites (tertiary alicyclic amines) is 1. The fourth-order valence-corrected chi connectivity index (χ4v) is 1.93. The SMILES string of the molecule is NC(=O)CN1CCCC(CC(=O)O)C1. The van der Waals surface area contributed by atoms with Crippen molar-refractivity contribution in [2.45, 2.75) is 19.3 Å². The van der Waals surface area contributed by atoms with E-state index in [1.165, 1.54) is 0 Å². The van der Waals surface area contributed by atoms with E-state index in [0.717, 1.165) is 19.4 Å². The van der Waals surface area contributed by atoms with Gasteiger partial charge < -0.3 is 10.8 Å². The number of carboxylic acids is 1. The lowest BCUT2D eigenvalue weighted by atomic mass is 9.95. The molecule has 5 heteroatoms. The molecule has 1 rings (SSSR count). The second-order valence-electron chi connectivity index (χ2n) is 3.81. The molecule has 0 aromatic heterocycles. The van der Waals surface area contributed by atoms with Crippen LogP contribution in [0.4, 0.5) is 0 Å². The molecule has 1 saturated heterocycles. The van der Waals surface area contributed by atoms with Crippen molar-refractivity contribution in [1.29, 1.82) is 0 Å². The molecule has 80 valence electrons. The predicted octanol–water partition coefficient (Wildman–Crippen LogP) is -0.342. The van der Waals surface area contributed by atoms with Gasteiger partial charge in [0.15, 0.2) is 0 Å². The topological polar surface area (TPSA) is 83.6 Å². The zero-order valence-electron chi connectivity index (χ0n) is 8.11. The summed E-state index contributed by atoms with van der Waals surface area (Å²) in [5.74, 6) is -0.947. The highest BCUT2D eigenvalue weighted by Gasteiger charge is 2.22. The lowest BCUT2D eigenvalue weighted by Gasteiger charge is -2.30. The summed E-state index contributed by atoms with van der Waals surface area (Å²) in [6, 6.07) is 0. The number of rotatable bonds is 4. The first-order valence-electron chi connectivity index (χ1n) is 4.80. The Labute approximate surface area is 82.9 Å². The summed E-state index contributed by atoms with van der Waals surface area (Å²) in [5, 5.41) is 8.62. The van der Waals surface area contributed by atoms with E-state index in [1.807, 2.05) is 4.90 Å². The highest BCUT2D eigenvalue weighted by atomic mass is 16.4. The Hall–Kier alpha value is -1.10. The van der Waals surface area contributed by atoms with Crippen molar-refractivity contribution in [3.8, 4) is 0 Å². The Morgan fingerprint density at radius 1 is 1.50 bits per heavy atom. The molecule has 1 heterocycles. The molecule has 0 saturated carbocycles. The third kappa shape index (κ3) is 3.74. The lowest BCUT2D eigenvalue weighted by Crippen LogP contribution is -2.41. The summed E-state index contributed by atoms with van der Waals surface area (Å²) in [6.07, 6.45) is 2.07. The fraction of sp³-hybridized carbons (Fsp3) is 0.778. The van der Waals surface area contributed by atoms with Gasteiger partial charge in [0.05, 0.1) is 6.54 Å². The number of nitrogens with zero attached hydrogens (tertiary/aromatic N) is 1. The molecule has 1 aliphatic heterocycles. The summed E-state index contributed by atoms with van der Waals surface area (Å²) >= 11 is 0. The highest BCUT2D eigenvalue weighted by molar-refractivity contribution is 5.75. The van der Waals surface area contributed by atoms with Gasteiger partial charge in [0.25, 0.3) is 0 Å². The standard InChI is InChI=1S/C9H16N2O3/c10-8(12)6-11-3-1-2-7(5-11)4-9(13)14/h7H,1-6H2,(H2,10,12)(H,13,14). The Morgan fingerprint density at radius 3 is 2.79 bits per heavy atom. The number of piperidine rings is 1. The molecule has 1 atom stereocenters. The summed E-state index contributed by atoms with van der Waals surface area (Å²) < 4.78 is 0. The van der Waals surface area contributed by atoms with Crippen LogP contribution in [-0.4, -0.2) is 41.5 Å². The molecule has 5 nitrogen and oxygen atoms in total. The van der Waals surface area contributed by atoms with Gasteiger partial charge >= 0.3 is 5.97 Å². The van der Waals surface area contributed by atoms with Gasteiger partial charge in [0.2, 0.25) is 5.91 Å². The maximum atomic E-state index is 10.7. The lowest BCUT2D eigenvalue weighted by molar-refractivity contribution is -0.138. The van der Waals surface area contributed by atoms with Crippen LogP contribution in [0.5, 0.6) is 0 Å². The molecular formula is C9H16N2O3. The Balaban J connectivity index is 2.35. The van der Waals surface area contributed by atoms with Crippen LogP contribution in [0.15, 0.2) is 0 Å². The molecule has 3 N–H and O–H groups in total. The third-order valence-corrected chi connectivity index (χ3v) is 2.45. The van der Waals surface area contributed by atoms with E-state index in [4.69, 9.17) is 10.8 Å². The number of hydrogen-bond acceptors (Lipinski definition) is 3.